The zero-order valence-electron chi connectivity index (χ0n) is 15.8. The summed E-state index contributed by atoms with van der Waals surface area (Å²) in [7, 11) is 1.57. The van der Waals surface area contributed by atoms with Crippen LogP contribution in [0.5, 0.6) is 0 Å². The topological polar surface area (TPSA) is 49.4 Å². The first-order chi connectivity index (χ1) is 12.8. The molecule has 0 unspecified atom stereocenters. The lowest BCUT2D eigenvalue weighted by atomic mass is 10.1. The Kier molecular flexibility index (Phi) is 7.69. The molecule has 0 aromatic heterocycles. The maximum Gasteiger partial charge on any atom is 0.242 e. The summed E-state index contributed by atoms with van der Waals surface area (Å²) in [6.07, 6.45) is 0.726. The van der Waals surface area contributed by atoms with E-state index < -0.39 is 6.04 Å². The molecule has 4 nitrogen and oxygen atoms in total. The van der Waals surface area contributed by atoms with Crippen LogP contribution in [0.4, 0.5) is 0 Å². The Hall–Kier alpha value is -2.04. The lowest BCUT2D eigenvalue weighted by Crippen LogP contribution is -2.48. The van der Waals surface area contributed by atoms with Gasteiger partial charge in [-0.1, -0.05) is 66.0 Å². The molecule has 2 rings (SSSR count). The number of rotatable bonds is 7. The van der Waals surface area contributed by atoms with E-state index in [1.54, 1.807) is 30.1 Å². The Morgan fingerprint density at radius 3 is 2.33 bits per heavy atom. The molecule has 0 aliphatic carbocycles. The molecule has 6 heteroatoms. The Morgan fingerprint density at radius 2 is 1.78 bits per heavy atom. The first-order valence-corrected chi connectivity index (χ1v) is 9.61. The normalized spacial score (nSPS) is 11.7. The third-order valence-electron chi connectivity index (χ3n) is 4.46. The second-order valence-electron chi connectivity index (χ2n) is 6.46. The van der Waals surface area contributed by atoms with Gasteiger partial charge in [0.05, 0.1) is 6.42 Å². The molecule has 2 aromatic rings. The highest BCUT2D eigenvalue weighted by Gasteiger charge is 2.28. The van der Waals surface area contributed by atoms with Crippen molar-refractivity contribution < 1.29 is 9.59 Å². The zero-order chi connectivity index (χ0) is 20.0. The molecule has 0 bridgehead atoms. The quantitative estimate of drug-likeness (QED) is 0.740. The summed E-state index contributed by atoms with van der Waals surface area (Å²) in [6.45, 7) is 4.13. The van der Waals surface area contributed by atoms with Gasteiger partial charge in [-0.25, -0.2) is 0 Å². The highest BCUT2D eigenvalue weighted by atomic mass is 35.5. The standard InChI is InChI=1S/C21H24Cl2N2O2/c1-4-19(21(27)24-3)25(13-16-9-10-17(22)12-18(16)23)20(26)11-15-7-5-14(2)6-8-15/h5-10,12,19H,4,11,13H2,1-3H3,(H,24,27)/t19-/m0/s1. The fourth-order valence-electron chi connectivity index (χ4n) is 2.90. The van der Waals surface area contributed by atoms with Crippen molar-refractivity contribution in [3.63, 3.8) is 0 Å². The molecule has 1 atom stereocenters. The summed E-state index contributed by atoms with van der Waals surface area (Å²) >= 11 is 12.3. The van der Waals surface area contributed by atoms with Gasteiger partial charge in [0.2, 0.25) is 11.8 Å². The van der Waals surface area contributed by atoms with Gasteiger partial charge in [-0.3, -0.25) is 9.59 Å². The van der Waals surface area contributed by atoms with Crippen LogP contribution < -0.4 is 5.32 Å². The Balaban J connectivity index is 2.31. The van der Waals surface area contributed by atoms with Crippen molar-refractivity contribution in [2.75, 3.05) is 7.05 Å². The predicted octanol–water partition coefficient (Wildman–Crippen LogP) is 4.40. The summed E-state index contributed by atoms with van der Waals surface area (Å²) in [5.41, 5.74) is 2.79. The van der Waals surface area contributed by atoms with Crippen LogP contribution in [0.25, 0.3) is 0 Å². The van der Waals surface area contributed by atoms with Crippen LogP contribution in [0, 0.1) is 6.92 Å². The molecule has 0 aliphatic heterocycles. The first-order valence-electron chi connectivity index (χ1n) is 8.86. The van der Waals surface area contributed by atoms with Crippen LogP contribution in [0.1, 0.15) is 30.0 Å². The Morgan fingerprint density at radius 1 is 1.11 bits per heavy atom. The molecule has 0 fully saturated rings. The molecule has 0 saturated carbocycles. The number of amides is 2. The van der Waals surface area contributed by atoms with Crippen molar-refractivity contribution in [3.05, 3.63) is 69.2 Å². The van der Waals surface area contributed by atoms with Crippen molar-refractivity contribution in [1.82, 2.24) is 10.2 Å². The van der Waals surface area contributed by atoms with Crippen molar-refractivity contribution in [1.29, 1.82) is 0 Å². The van der Waals surface area contributed by atoms with Crippen LogP contribution in [-0.2, 0) is 22.6 Å². The van der Waals surface area contributed by atoms with E-state index in [-0.39, 0.29) is 24.8 Å². The maximum atomic E-state index is 13.1. The van der Waals surface area contributed by atoms with E-state index in [0.29, 0.717) is 16.5 Å². The highest BCUT2D eigenvalue weighted by molar-refractivity contribution is 6.35. The number of halogens is 2. The molecule has 144 valence electrons. The van der Waals surface area contributed by atoms with E-state index in [1.165, 1.54) is 0 Å². The van der Waals surface area contributed by atoms with Crippen LogP contribution in [0.3, 0.4) is 0 Å². The van der Waals surface area contributed by atoms with Crippen molar-refractivity contribution in [2.45, 2.75) is 39.3 Å². The fourth-order valence-corrected chi connectivity index (χ4v) is 3.37. The SMILES string of the molecule is CC[C@@H](C(=O)NC)N(Cc1ccc(Cl)cc1Cl)C(=O)Cc1ccc(C)cc1. The minimum Gasteiger partial charge on any atom is -0.357 e. The first kappa shape index (κ1) is 21.3. The van der Waals surface area contributed by atoms with Crippen LogP contribution in [-0.4, -0.2) is 29.8 Å². The molecule has 0 aliphatic rings. The third-order valence-corrected chi connectivity index (χ3v) is 5.05. The van der Waals surface area contributed by atoms with Crippen LogP contribution >= 0.6 is 23.2 Å². The highest BCUT2D eigenvalue weighted by Crippen LogP contribution is 2.24. The molecule has 2 amide bonds. The molecular weight excluding hydrogens is 383 g/mol. The van der Waals surface area contributed by atoms with Gasteiger partial charge in [0.25, 0.3) is 0 Å². The van der Waals surface area contributed by atoms with Crippen molar-refractivity contribution in [3.8, 4) is 0 Å². The second-order valence-corrected chi connectivity index (χ2v) is 7.30. The molecule has 0 radical (unpaired) electrons. The van der Waals surface area contributed by atoms with E-state index in [4.69, 9.17) is 23.2 Å². The van der Waals surface area contributed by atoms with Crippen molar-refractivity contribution >= 4 is 35.0 Å². The maximum absolute atomic E-state index is 13.1. The Bertz CT molecular complexity index is 806. The average Bonchev–Trinajstić information content (AvgIpc) is 2.64. The number of likely N-dealkylation sites (N-methyl/N-ethyl adjacent to an activating group) is 1. The number of nitrogens with one attached hydrogen (secondary N) is 1. The Labute approximate surface area is 170 Å². The third kappa shape index (κ3) is 5.72. The number of hydrogen-bond acceptors (Lipinski definition) is 2. The van der Waals surface area contributed by atoms with E-state index in [1.807, 2.05) is 38.1 Å². The van der Waals surface area contributed by atoms with E-state index in [9.17, 15) is 9.59 Å². The molecule has 1 N–H and O–H groups in total. The summed E-state index contributed by atoms with van der Waals surface area (Å²) < 4.78 is 0. The van der Waals surface area contributed by atoms with Crippen LogP contribution in [0.15, 0.2) is 42.5 Å². The van der Waals surface area contributed by atoms with Gasteiger partial charge in [0.1, 0.15) is 6.04 Å². The fraction of sp³-hybridized carbons (Fsp3) is 0.333. The summed E-state index contributed by atoms with van der Waals surface area (Å²) in [5, 5.41) is 3.65. The lowest BCUT2D eigenvalue weighted by molar-refractivity contribution is -0.140. The number of benzene rings is 2. The predicted molar refractivity (Wildman–Crippen MR) is 110 cm³/mol. The van der Waals surface area contributed by atoms with Crippen molar-refractivity contribution in [2.24, 2.45) is 0 Å². The number of aryl methyl sites for hydroxylation is 1. The smallest absolute Gasteiger partial charge is 0.242 e. The summed E-state index contributed by atoms with van der Waals surface area (Å²) in [5.74, 6) is -0.319. The number of hydrogen-bond donors (Lipinski definition) is 1. The molecule has 27 heavy (non-hydrogen) atoms. The van der Waals surface area contributed by atoms with E-state index >= 15 is 0 Å². The summed E-state index contributed by atoms with van der Waals surface area (Å²) in [4.78, 5) is 27.0. The number of nitrogens with zero attached hydrogens (tertiary/aromatic N) is 1. The van der Waals surface area contributed by atoms with Gasteiger partial charge in [-0.2, -0.15) is 0 Å². The van der Waals surface area contributed by atoms with Gasteiger partial charge >= 0.3 is 0 Å². The monoisotopic (exact) mass is 406 g/mol. The van der Waals surface area contributed by atoms with Gasteiger partial charge in [-0.05, 0) is 36.6 Å². The molecule has 0 spiro atoms. The zero-order valence-corrected chi connectivity index (χ0v) is 17.3. The van der Waals surface area contributed by atoms with Crippen LogP contribution in [0.2, 0.25) is 10.0 Å². The molecule has 0 saturated heterocycles. The molecular formula is C21H24Cl2N2O2. The van der Waals surface area contributed by atoms with Gasteiger partial charge in [-0.15, -0.1) is 0 Å². The van der Waals surface area contributed by atoms with Gasteiger partial charge in [0, 0.05) is 23.6 Å². The number of carbonyl (C=O) groups is 2. The number of carbonyl (C=O) groups excluding carboxylic acids is 2. The average molecular weight is 407 g/mol. The largest absolute Gasteiger partial charge is 0.357 e. The molecule has 2 aromatic carbocycles. The van der Waals surface area contributed by atoms with E-state index in [0.717, 1.165) is 16.7 Å². The molecule has 0 heterocycles. The van der Waals surface area contributed by atoms with Gasteiger partial charge in [0.15, 0.2) is 0 Å². The van der Waals surface area contributed by atoms with Gasteiger partial charge < -0.3 is 10.2 Å². The van der Waals surface area contributed by atoms with E-state index in [2.05, 4.69) is 5.32 Å². The minimum atomic E-state index is -0.570. The second kappa shape index (κ2) is 9.77. The minimum absolute atomic E-state index is 0.125. The lowest BCUT2D eigenvalue weighted by Gasteiger charge is -2.30. The summed E-state index contributed by atoms with van der Waals surface area (Å²) in [6, 6.07) is 12.4.